The van der Waals surface area contributed by atoms with Gasteiger partial charge < -0.3 is 4.42 Å². The SMILES string of the molecule is [NH2+]=C(c1ccccc1)c1nc2ccccc2o1. The first kappa shape index (κ1) is 9.78. The highest BCUT2D eigenvalue weighted by Crippen LogP contribution is 2.16. The van der Waals surface area contributed by atoms with Gasteiger partial charge in [0.05, 0.1) is 5.56 Å². The quantitative estimate of drug-likeness (QED) is 0.668. The summed E-state index contributed by atoms with van der Waals surface area (Å²) in [5.74, 6) is 0.470. The molecule has 0 unspecified atom stereocenters. The summed E-state index contributed by atoms with van der Waals surface area (Å²) in [5, 5.41) is 6.04. The molecule has 0 bridgehead atoms. The Bertz CT molecular complexity index is 638. The zero-order valence-electron chi connectivity index (χ0n) is 9.13. The predicted octanol–water partition coefficient (Wildman–Crippen LogP) is 1.42. The smallest absolute Gasteiger partial charge is 0.294 e. The summed E-state index contributed by atoms with van der Waals surface area (Å²) in [6.07, 6.45) is 0. The predicted molar refractivity (Wildman–Crippen MR) is 65.6 cm³/mol. The third-order valence-electron chi connectivity index (χ3n) is 2.61. The Morgan fingerprint density at radius 1 is 0.941 bits per heavy atom. The van der Waals surface area contributed by atoms with Crippen molar-refractivity contribution in [1.29, 1.82) is 0 Å². The molecule has 2 N–H and O–H groups in total. The van der Waals surface area contributed by atoms with Crippen LogP contribution in [0.4, 0.5) is 0 Å². The second-order valence-electron chi connectivity index (χ2n) is 3.77. The average molecular weight is 223 g/mol. The number of para-hydroxylation sites is 2. The van der Waals surface area contributed by atoms with Crippen LogP contribution in [-0.2, 0) is 0 Å². The van der Waals surface area contributed by atoms with Gasteiger partial charge in [-0.3, -0.25) is 0 Å². The van der Waals surface area contributed by atoms with Crippen molar-refractivity contribution >= 4 is 16.8 Å². The largest absolute Gasteiger partial charge is 0.432 e. The van der Waals surface area contributed by atoms with Crippen molar-refractivity contribution in [2.24, 2.45) is 0 Å². The van der Waals surface area contributed by atoms with Gasteiger partial charge in [0, 0.05) is 0 Å². The second-order valence-corrected chi connectivity index (χ2v) is 3.77. The number of nitrogens with two attached hydrogens (primary N) is 1. The molecule has 17 heavy (non-hydrogen) atoms. The lowest BCUT2D eigenvalue weighted by molar-refractivity contribution is -0.113. The van der Waals surface area contributed by atoms with Crippen molar-refractivity contribution in [3.05, 3.63) is 66.1 Å². The summed E-state index contributed by atoms with van der Waals surface area (Å²) >= 11 is 0. The minimum Gasteiger partial charge on any atom is -0.432 e. The van der Waals surface area contributed by atoms with Gasteiger partial charge in [-0.1, -0.05) is 30.3 Å². The highest BCUT2D eigenvalue weighted by atomic mass is 16.3. The first-order valence-corrected chi connectivity index (χ1v) is 5.38. The standard InChI is InChI=1S/C14H10N2O/c15-13(10-6-2-1-3-7-10)14-16-11-8-4-5-9-12(11)17-14/h1-9,15H/p+1. The molecular formula is C14H11N2O+. The van der Waals surface area contributed by atoms with E-state index in [9.17, 15) is 0 Å². The number of fused-ring (bicyclic) bond motifs is 1. The van der Waals surface area contributed by atoms with Gasteiger partial charge in [-0.25, -0.2) is 10.4 Å². The van der Waals surface area contributed by atoms with E-state index in [1.165, 1.54) is 0 Å². The Morgan fingerprint density at radius 3 is 2.41 bits per heavy atom. The minimum absolute atomic E-state index is 0.470. The third kappa shape index (κ3) is 1.72. The van der Waals surface area contributed by atoms with Crippen LogP contribution >= 0.6 is 0 Å². The summed E-state index contributed by atoms with van der Waals surface area (Å²) in [6, 6.07) is 17.3. The molecule has 1 aromatic heterocycles. The molecule has 0 radical (unpaired) electrons. The molecule has 0 atom stereocenters. The van der Waals surface area contributed by atoms with Gasteiger partial charge in [-0.05, 0) is 24.3 Å². The Labute approximate surface area is 98.2 Å². The third-order valence-corrected chi connectivity index (χ3v) is 2.61. The fourth-order valence-electron chi connectivity index (χ4n) is 1.73. The van der Waals surface area contributed by atoms with Crippen LogP contribution in [0.1, 0.15) is 11.5 Å². The summed E-state index contributed by atoms with van der Waals surface area (Å²) in [5.41, 5.74) is 3.05. The number of nitrogens with zero attached hydrogens (tertiary/aromatic N) is 1. The van der Waals surface area contributed by atoms with E-state index in [-0.39, 0.29) is 0 Å². The molecule has 0 aliphatic heterocycles. The van der Waals surface area contributed by atoms with Crippen LogP contribution in [0.15, 0.2) is 59.0 Å². The molecule has 3 rings (SSSR count). The zero-order valence-corrected chi connectivity index (χ0v) is 9.13. The first-order chi connectivity index (χ1) is 8.34. The maximum atomic E-state index is 6.04. The van der Waals surface area contributed by atoms with Crippen molar-refractivity contribution < 1.29 is 9.83 Å². The summed E-state index contributed by atoms with van der Waals surface area (Å²) in [6.45, 7) is 0. The topological polar surface area (TPSA) is 51.6 Å². The van der Waals surface area contributed by atoms with Crippen LogP contribution in [-0.4, -0.2) is 10.7 Å². The molecule has 82 valence electrons. The lowest BCUT2D eigenvalue weighted by Crippen LogP contribution is -2.41. The molecule has 0 spiro atoms. The number of hydrogen-bond donors (Lipinski definition) is 1. The van der Waals surface area contributed by atoms with Crippen molar-refractivity contribution in [3.8, 4) is 0 Å². The van der Waals surface area contributed by atoms with Gasteiger partial charge in [0.25, 0.3) is 11.6 Å². The van der Waals surface area contributed by atoms with E-state index >= 15 is 0 Å². The first-order valence-electron chi connectivity index (χ1n) is 5.38. The number of rotatable bonds is 2. The highest BCUT2D eigenvalue weighted by molar-refractivity contribution is 6.06. The van der Waals surface area contributed by atoms with Gasteiger partial charge in [0.15, 0.2) is 5.58 Å². The van der Waals surface area contributed by atoms with Crippen molar-refractivity contribution in [2.45, 2.75) is 0 Å². The van der Waals surface area contributed by atoms with Gasteiger partial charge in [0.1, 0.15) is 5.52 Å². The van der Waals surface area contributed by atoms with Crippen LogP contribution in [0, 0.1) is 0 Å². The fourth-order valence-corrected chi connectivity index (χ4v) is 1.73. The average Bonchev–Trinajstić information content (AvgIpc) is 2.82. The summed E-state index contributed by atoms with van der Waals surface area (Å²) < 4.78 is 5.61. The number of benzene rings is 2. The molecule has 3 nitrogen and oxygen atoms in total. The maximum absolute atomic E-state index is 6.04. The van der Waals surface area contributed by atoms with Crippen molar-refractivity contribution in [3.63, 3.8) is 0 Å². The molecule has 0 aliphatic carbocycles. The second kappa shape index (κ2) is 3.87. The van der Waals surface area contributed by atoms with E-state index in [2.05, 4.69) is 4.98 Å². The lowest BCUT2D eigenvalue weighted by atomic mass is 10.1. The Hall–Kier alpha value is -2.42. The van der Waals surface area contributed by atoms with Crippen LogP contribution in [0.5, 0.6) is 0 Å². The molecule has 2 aromatic carbocycles. The van der Waals surface area contributed by atoms with E-state index in [1.807, 2.05) is 54.6 Å². The molecule has 1 heterocycles. The van der Waals surface area contributed by atoms with Gasteiger partial charge in [-0.15, -0.1) is 0 Å². The molecule has 0 amide bonds. The number of aromatic nitrogens is 1. The van der Waals surface area contributed by atoms with Crippen LogP contribution in [0.3, 0.4) is 0 Å². The Morgan fingerprint density at radius 2 is 1.65 bits per heavy atom. The molecule has 0 fully saturated rings. The molecule has 0 saturated heterocycles. The van der Waals surface area contributed by atoms with Crippen molar-refractivity contribution in [1.82, 2.24) is 4.98 Å². The van der Waals surface area contributed by atoms with E-state index in [4.69, 9.17) is 9.83 Å². The maximum Gasteiger partial charge on any atom is 0.294 e. The Kier molecular flexibility index (Phi) is 2.22. The zero-order chi connectivity index (χ0) is 11.7. The van der Waals surface area contributed by atoms with Gasteiger partial charge in [0.2, 0.25) is 0 Å². The van der Waals surface area contributed by atoms with Crippen LogP contribution < -0.4 is 5.41 Å². The number of oxazole rings is 1. The Balaban J connectivity index is 2.07. The van der Waals surface area contributed by atoms with Crippen LogP contribution in [0.2, 0.25) is 0 Å². The molecule has 3 aromatic rings. The molecule has 0 aliphatic rings. The van der Waals surface area contributed by atoms with Gasteiger partial charge >= 0.3 is 0 Å². The lowest BCUT2D eigenvalue weighted by Gasteiger charge is -1.92. The normalized spacial score (nSPS) is 10.6. The van der Waals surface area contributed by atoms with E-state index in [1.54, 1.807) is 0 Å². The molecular weight excluding hydrogens is 212 g/mol. The fraction of sp³-hybridized carbons (Fsp3) is 0. The monoisotopic (exact) mass is 223 g/mol. The van der Waals surface area contributed by atoms with Gasteiger partial charge in [-0.2, -0.15) is 0 Å². The van der Waals surface area contributed by atoms with E-state index in [0.717, 1.165) is 16.7 Å². The molecule has 0 saturated carbocycles. The van der Waals surface area contributed by atoms with Crippen LogP contribution in [0.25, 0.3) is 11.1 Å². The number of hydrogen-bond acceptors (Lipinski definition) is 2. The summed E-state index contributed by atoms with van der Waals surface area (Å²) in [7, 11) is 0. The van der Waals surface area contributed by atoms with E-state index in [0.29, 0.717) is 11.6 Å². The minimum atomic E-state index is 0.470. The van der Waals surface area contributed by atoms with Crippen molar-refractivity contribution in [2.75, 3.05) is 0 Å². The van der Waals surface area contributed by atoms with E-state index < -0.39 is 0 Å². The highest BCUT2D eigenvalue weighted by Gasteiger charge is 2.16. The molecule has 3 heteroatoms. The summed E-state index contributed by atoms with van der Waals surface area (Å²) in [4.78, 5) is 4.36.